The van der Waals surface area contributed by atoms with Gasteiger partial charge in [-0.2, -0.15) is 0 Å². The molecule has 0 spiro atoms. The second-order valence-corrected chi connectivity index (χ2v) is 6.96. The predicted molar refractivity (Wildman–Crippen MR) is 108 cm³/mol. The van der Waals surface area contributed by atoms with Crippen LogP contribution in [0.25, 0.3) is 0 Å². The van der Waals surface area contributed by atoms with E-state index in [1.807, 2.05) is 42.5 Å². The predicted octanol–water partition coefficient (Wildman–Crippen LogP) is 2.90. The van der Waals surface area contributed by atoms with Gasteiger partial charge in [0, 0.05) is 32.2 Å². The molecule has 1 atom stereocenters. The Kier molecular flexibility index (Phi) is 5.48. The second kappa shape index (κ2) is 8.36. The third-order valence-electron chi connectivity index (χ3n) is 5.22. The Balaban J connectivity index is 1.61. The quantitative estimate of drug-likeness (QED) is 0.698. The number of carbonyl (C=O) groups is 1. The van der Waals surface area contributed by atoms with Crippen molar-refractivity contribution in [2.45, 2.75) is 24.9 Å². The summed E-state index contributed by atoms with van der Waals surface area (Å²) in [5.74, 6) is 0.634. The standard InChI is InChI=1S/C22H23N5O2/c1-23-20(28)22(19-9-2-3-11-24-19)10-5-14-27(22)16-17-7-4-8-18(15-17)29-21-25-12-6-13-26-21/h2-4,6-9,11-13,15H,5,10,14,16H2,1H3,(H,23,28). The summed E-state index contributed by atoms with van der Waals surface area (Å²) in [4.78, 5) is 27.9. The number of amides is 1. The fourth-order valence-electron chi connectivity index (χ4n) is 3.94. The fourth-order valence-corrected chi connectivity index (χ4v) is 3.94. The Bertz CT molecular complexity index is 967. The number of hydrogen-bond acceptors (Lipinski definition) is 6. The summed E-state index contributed by atoms with van der Waals surface area (Å²) in [6.07, 6.45) is 6.68. The van der Waals surface area contributed by atoms with E-state index in [4.69, 9.17) is 4.74 Å². The van der Waals surface area contributed by atoms with Crippen molar-refractivity contribution in [2.24, 2.45) is 0 Å². The maximum atomic E-state index is 13.0. The van der Waals surface area contributed by atoms with Gasteiger partial charge in [-0.05, 0) is 55.3 Å². The summed E-state index contributed by atoms with van der Waals surface area (Å²) in [7, 11) is 1.68. The Labute approximate surface area is 169 Å². The molecule has 1 unspecified atom stereocenters. The van der Waals surface area contributed by atoms with Gasteiger partial charge in [-0.3, -0.25) is 14.7 Å². The van der Waals surface area contributed by atoms with Gasteiger partial charge in [0.2, 0.25) is 5.91 Å². The lowest BCUT2D eigenvalue weighted by molar-refractivity contribution is -0.132. The third-order valence-corrected chi connectivity index (χ3v) is 5.22. The zero-order valence-corrected chi connectivity index (χ0v) is 16.3. The molecule has 29 heavy (non-hydrogen) atoms. The highest BCUT2D eigenvalue weighted by Crippen LogP contribution is 2.39. The lowest BCUT2D eigenvalue weighted by Crippen LogP contribution is -2.52. The second-order valence-electron chi connectivity index (χ2n) is 6.96. The number of likely N-dealkylation sites (tertiary alicyclic amines) is 1. The molecular weight excluding hydrogens is 366 g/mol. The zero-order chi connectivity index (χ0) is 20.1. The summed E-state index contributed by atoms with van der Waals surface area (Å²) in [6.45, 7) is 1.42. The van der Waals surface area contributed by atoms with E-state index in [1.54, 1.807) is 31.7 Å². The van der Waals surface area contributed by atoms with Gasteiger partial charge in [0.05, 0.1) is 5.69 Å². The van der Waals surface area contributed by atoms with Crippen molar-refractivity contribution >= 4 is 5.91 Å². The van der Waals surface area contributed by atoms with Crippen LogP contribution in [0.3, 0.4) is 0 Å². The molecule has 1 N–H and O–H groups in total. The molecule has 0 aliphatic carbocycles. The van der Waals surface area contributed by atoms with Crippen molar-refractivity contribution in [3.63, 3.8) is 0 Å². The monoisotopic (exact) mass is 389 g/mol. The molecule has 148 valence electrons. The van der Waals surface area contributed by atoms with Gasteiger partial charge in [0.1, 0.15) is 11.3 Å². The molecule has 0 radical (unpaired) electrons. The maximum absolute atomic E-state index is 13.0. The van der Waals surface area contributed by atoms with Gasteiger partial charge in [-0.25, -0.2) is 9.97 Å². The van der Waals surface area contributed by atoms with Crippen molar-refractivity contribution < 1.29 is 9.53 Å². The van der Waals surface area contributed by atoms with E-state index in [0.717, 1.165) is 30.6 Å². The van der Waals surface area contributed by atoms with Gasteiger partial charge < -0.3 is 10.1 Å². The van der Waals surface area contributed by atoms with E-state index in [2.05, 4.69) is 25.2 Å². The SMILES string of the molecule is CNC(=O)C1(c2ccccn2)CCCN1Cc1cccc(Oc2ncccn2)c1. The normalized spacial score (nSPS) is 19.1. The molecule has 7 nitrogen and oxygen atoms in total. The smallest absolute Gasteiger partial charge is 0.321 e. The molecule has 2 aromatic heterocycles. The average molecular weight is 389 g/mol. The molecule has 0 bridgehead atoms. The van der Waals surface area contributed by atoms with Crippen LogP contribution in [-0.4, -0.2) is 39.4 Å². The van der Waals surface area contributed by atoms with Crippen LogP contribution in [0.5, 0.6) is 11.8 Å². The zero-order valence-electron chi connectivity index (χ0n) is 16.3. The van der Waals surface area contributed by atoms with E-state index in [1.165, 1.54) is 0 Å². The van der Waals surface area contributed by atoms with E-state index in [-0.39, 0.29) is 5.91 Å². The van der Waals surface area contributed by atoms with Crippen LogP contribution in [-0.2, 0) is 16.9 Å². The van der Waals surface area contributed by atoms with Crippen molar-refractivity contribution in [3.05, 3.63) is 78.4 Å². The number of nitrogens with zero attached hydrogens (tertiary/aromatic N) is 4. The number of benzene rings is 1. The Morgan fingerprint density at radius 2 is 1.93 bits per heavy atom. The van der Waals surface area contributed by atoms with Crippen molar-refractivity contribution in [3.8, 4) is 11.8 Å². The summed E-state index contributed by atoms with van der Waals surface area (Å²) in [5.41, 5.74) is 1.06. The van der Waals surface area contributed by atoms with Crippen LogP contribution >= 0.6 is 0 Å². The highest BCUT2D eigenvalue weighted by Gasteiger charge is 2.49. The summed E-state index contributed by atoms with van der Waals surface area (Å²) >= 11 is 0. The number of nitrogens with one attached hydrogen (secondary N) is 1. The molecule has 0 saturated carbocycles. The highest BCUT2D eigenvalue weighted by atomic mass is 16.5. The van der Waals surface area contributed by atoms with Crippen LogP contribution < -0.4 is 10.1 Å². The molecule has 1 aliphatic rings. The highest BCUT2D eigenvalue weighted by molar-refractivity contribution is 5.87. The molecule has 1 saturated heterocycles. The number of likely N-dealkylation sites (N-methyl/N-ethyl adjacent to an activating group) is 1. The molecule has 1 aliphatic heterocycles. The van der Waals surface area contributed by atoms with Crippen LogP contribution in [0.15, 0.2) is 67.1 Å². The van der Waals surface area contributed by atoms with E-state index >= 15 is 0 Å². The molecule has 4 rings (SSSR count). The molecule has 1 fully saturated rings. The van der Waals surface area contributed by atoms with Crippen LogP contribution in [0.1, 0.15) is 24.1 Å². The minimum atomic E-state index is -0.768. The number of pyridine rings is 1. The first-order valence-electron chi connectivity index (χ1n) is 9.65. The van der Waals surface area contributed by atoms with Crippen molar-refractivity contribution in [2.75, 3.05) is 13.6 Å². The maximum Gasteiger partial charge on any atom is 0.321 e. The third kappa shape index (κ3) is 3.82. The molecule has 3 aromatic rings. The average Bonchev–Trinajstić information content (AvgIpc) is 3.19. The largest absolute Gasteiger partial charge is 0.424 e. The van der Waals surface area contributed by atoms with E-state index in [0.29, 0.717) is 18.3 Å². The van der Waals surface area contributed by atoms with Gasteiger partial charge in [0.15, 0.2) is 0 Å². The Morgan fingerprint density at radius 3 is 2.69 bits per heavy atom. The first-order chi connectivity index (χ1) is 14.2. The van der Waals surface area contributed by atoms with Gasteiger partial charge >= 0.3 is 6.01 Å². The molecule has 7 heteroatoms. The first-order valence-corrected chi connectivity index (χ1v) is 9.65. The number of rotatable bonds is 6. The van der Waals surface area contributed by atoms with Crippen molar-refractivity contribution in [1.82, 2.24) is 25.2 Å². The summed E-state index contributed by atoms with van der Waals surface area (Å²) in [5, 5.41) is 2.84. The Morgan fingerprint density at radius 1 is 1.10 bits per heavy atom. The number of ether oxygens (including phenoxy) is 1. The van der Waals surface area contributed by atoms with Gasteiger partial charge in [-0.15, -0.1) is 0 Å². The molecule has 3 heterocycles. The summed E-state index contributed by atoms with van der Waals surface area (Å²) < 4.78 is 5.76. The van der Waals surface area contributed by atoms with Gasteiger partial charge in [0.25, 0.3) is 0 Å². The molecular formula is C22H23N5O2. The molecule has 1 amide bonds. The fraction of sp³-hybridized carbons (Fsp3) is 0.273. The minimum absolute atomic E-state index is 0.0289. The summed E-state index contributed by atoms with van der Waals surface area (Å²) in [6, 6.07) is 15.6. The number of aromatic nitrogens is 3. The lowest BCUT2D eigenvalue weighted by atomic mass is 9.89. The van der Waals surface area contributed by atoms with Crippen LogP contribution in [0.4, 0.5) is 0 Å². The van der Waals surface area contributed by atoms with Crippen LogP contribution in [0, 0.1) is 0 Å². The first kappa shape index (κ1) is 19.0. The van der Waals surface area contributed by atoms with Crippen LogP contribution in [0.2, 0.25) is 0 Å². The number of hydrogen-bond donors (Lipinski definition) is 1. The minimum Gasteiger partial charge on any atom is -0.424 e. The van der Waals surface area contributed by atoms with Gasteiger partial charge in [-0.1, -0.05) is 18.2 Å². The van der Waals surface area contributed by atoms with E-state index < -0.39 is 5.54 Å². The number of carbonyl (C=O) groups excluding carboxylic acids is 1. The Hall–Kier alpha value is -3.32. The topological polar surface area (TPSA) is 80.2 Å². The van der Waals surface area contributed by atoms with Crippen molar-refractivity contribution in [1.29, 1.82) is 0 Å². The lowest BCUT2D eigenvalue weighted by Gasteiger charge is -2.36. The van der Waals surface area contributed by atoms with E-state index in [9.17, 15) is 4.79 Å². The molecule has 1 aromatic carbocycles.